The maximum absolute atomic E-state index is 13.3. The standard InChI is InChI=1S/C25H26Cl2N4O3/c1-4-5-18(16(2)14-29-8-10-34-11-9-29)15-30-17(3)24-22(13-23(30)32)28-31(25(24)33)19-6-7-20(26)21(27)12-19/h4-7,12-13,28H,1-2,8-11,14-15H2,3H3/b18-5-. The van der Waals surface area contributed by atoms with Crippen LogP contribution in [0, 0.1) is 6.92 Å². The highest BCUT2D eigenvalue weighted by Gasteiger charge is 2.18. The maximum Gasteiger partial charge on any atom is 0.280 e. The Labute approximate surface area is 207 Å². The van der Waals surface area contributed by atoms with Crippen LogP contribution < -0.4 is 11.1 Å². The summed E-state index contributed by atoms with van der Waals surface area (Å²) in [6.07, 6.45) is 3.55. The van der Waals surface area contributed by atoms with Gasteiger partial charge in [-0.15, -0.1) is 0 Å². The summed E-state index contributed by atoms with van der Waals surface area (Å²) in [6.45, 7) is 13.9. The smallest absolute Gasteiger partial charge is 0.280 e. The Balaban J connectivity index is 1.71. The van der Waals surface area contributed by atoms with Gasteiger partial charge < -0.3 is 9.30 Å². The molecule has 34 heavy (non-hydrogen) atoms. The van der Waals surface area contributed by atoms with Gasteiger partial charge in [0, 0.05) is 31.4 Å². The highest BCUT2D eigenvalue weighted by molar-refractivity contribution is 6.42. The monoisotopic (exact) mass is 500 g/mol. The van der Waals surface area contributed by atoms with E-state index in [1.165, 1.54) is 10.7 Å². The summed E-state index contributed by atoms with van der Waals surface area (Å²) >= 11 is 12.1. The van der Waals surface area contributed by atoms with Gasteiger partial charge in [-0.3, -0.25) is 19.6 Å². The summed E-state index contributed by atoms with van der Waals surface area (Å²) < 4.78 is 8.38. The molecule has 3 heterocycles. The van der Waals surface area contributed by atoms with Crippen molar-refractivity contribution in [1.29, 1.82) is 0 Å². The van der Waals surface area contributed by atoms with E-state index in [1.807, 2.05) is 6.08 Å². The lowest BCUT2D eigenvalue weighted by atomic mass is 10.1. The van der Waals surface area contributed by atoms with Crippen LogP contribution in [0.2, 0.25) is 10.0 Å². The van der Waals surface area contributed by atoms with Gasteiger partial charge in [0.15, 0.2) is 0 Å². The van der Waals surface area contributed by atoms with Gasteiger partial charge in [-0.25, -0.2) is 4.68 Å². The van der Waals surface area contributed by atoms with Gasteiger partial charge in [0.25, 0.3) is 11.1 Å². The molecule has 2 aromatic heterocycles. The first kappa shape index (κ1) is 24.3. The SMILES string of the molecule is C=C/C=C(/Cn1c(C)c2c(=O)n(-c3ccc(Cl)c(Cl)c3)[nH]c2cc1=O)C(=C)CN1CCOCC1. The number of morpholine rings is 1. The third-order valence-electron chi connectivity index (χ3n) is 6.00. The number of rotatable bonds is 7. The van der Waals surface area contributed by atoms with Crippen LogP contribution in [-0.4, -0.2) is 52.1 Å². The Morgan fingerprint density at radius 3 is 2.56 bits per heavy atom. The maximum atomic E-state index is 13.3. The molecular weight excluding hydrogens is 475 g/mol. The van der Waals surface area contributed by atoms with Crippen LogP contribution in [0.1, 0.15) is 5.69 Å². The highest BCUT2D eigenvalue weighted by Crippen LogP contribution is 2.24. The van der Waals surface area contributed by atoms with E-state index in [2.05, 4.69) is 23.2 Å². The molecule has 0 atom stereocenters. The number of aromatic amines is 1. The number of hydrogen-bond acceptors (Lipinski definition) is 4. The van der Waals surface area contributed by atoms with Gasteiger partial charge in [-0.2, -0.15) is 0 Å². The average Bonchev–Trinajstić information content (AvgIpc) is 3.14. The molecule has 1 aromatic carbocycles. The molecule has 0 unspecified atom stereocenters. The molecule has 0 saturated carbocycles. The van der Waals surface area contributed by atoms with Crippen molar-refractivity contribution in [3.63, 3.8) is 0 Å². The molecule has 7 nitrogen and oxygen atoms in total. The van der Waals surface area contributed by atoms with Crippen LogP contribution in [0.25, 0.3) is 16.6 Å². The summed E-state index contributed by atoms with van der Waals surface area (Å²) in [5.74, 6) is 0. The minimum Gasteiger partial charge on any atom is -0.379 e. The van der Waals surface area contributed by atoms with Gasteiger partial charge in [-0.1, -0.05) is 48.5 Å². The fourth-order valence-electron chi connectivity index (χ4n) is 4.14. The molecule has 1 aliphatic heterocycles. The van der Waals surface area contributed by atoms with Gasteiger partial charge in [0.2, 0.25) is 0 Å². The normalized spacial score (nSPS) is 15.1. The summed E-state index contributed by atoms with van der Waals surface area (Å²) in [5.41, 5.74) is 2.83. The molecular formula is C25H26Cl2N4O3. The zero-order chi connectivity index (χ0) is 24.4. The lowest BCUT2D eigenvalue weighted by molar-refractivity contribution is 0.0425. The number of nitrogens with one attached hydrogen (secondary N) is 1. The molecule has 1 saturated heterocycles. The molecule has 3 aromatic rings. The van der Waals surface area contributed by atoms with Crippen LogP contribution in [0.4, 0.5) is 0 Å². The molecule has 0 radical (unpaired) electrons. The average molecular weight is 501 g/mol. The zero-order valence-electron chi connectivity index (χ0n) is 18.9. The van der Waals surface area contributed by atoms with Crippen LogP contribution in [-0.2, 0) is 11.3 Å². The second-order valence-electron chi connectivity index (χ2n) is 8.21. The molecule has 0 bridgehead atoms. The predicted octanol–water partition coefficient (Wildman–Crippen LogP) is 4.10. The van der Waals surface area contributed by atoms with Crippen LogP contribution in [0.5, 0.6) is 0 Å². The van der Waals surface area contributed by atoms with Gasteiger partial charge in [0.05, 0.1) is 46.4 Å². The lowest BCUT2D eigenvalue weighted by Crippen LogP contribution is -2.37. The van der Waals surface area contributed by atoms with Crippen molar-refractivity contribution in [3.8, 4) is 5.69 Å². The van der Waals surface area contributed by atoms with E-state index in [9.17, 15) is 9.59 Å². The lowest BCUT2D eigenvalue weighted by Gasteiger charge is -2.28. The number of benzene rings is 1. The van der Waals surface area contributed by atoms with E-state index in [4.69, 9.17) is 27.9 Å². The van der Waals surface area contributed by atoms with Crippen molar-refractivity contribution in [1.82, 2.24) is 19.2 Å². The number of fused-ring (bicyclic) bond motifs is 1. The molecule has 0 amide bonds. The summed E-state index contributed by atoms with van der Waals surface area (Å²) in [4.78, 5) is 28.6. The minimum absolute atomic E-state index is 0.221. The zero-order valence-corrected chi connectivity index (χ0v) is 20.5. The van der Waals surface area contributed by atoms with Crippen LogP contribution in [0.3, 0.4) is 0 Å². The Bertz CT molecular complexity index is 1410. The van der Waals surface area contributed by atoms with E-state index in [1.54, 1.807) is 35.8 Å². The largest absolute Gasteiger partial charge is 0.379 e. The molecule has 1 aliphatic rings. The second kappa shape index (κ2) is 10.2. The third-order valence-corrected chi connectivity index (χ3v) is 6.74. The molecule has 1 fully saturated rings. The fourth-order valence-corrected chi connectivity index (χ4v) is 4.43. The molecule has 1 N–H and O–H groups in total. The topological polar surface area (TPSA) is 72.3 Å². The van der Waals surface area contributed by atoms with Crippen LogP contribution in [0.15, 0.2) is 70.3 Å². The van der Waals surface area contributed by atoms with Gasteiger partial charge >= 0.3 is 0 Å². The number of pyridine rings is 1. The van der Waals surface area contributed by atoms with E-state index in [0.29, 0.717) is 52.1 Å². The Kier molecular flexibility index (Phi) is 7.28. The van der Waals surface area contributed by atoms with E-state index >= 15 is 0 Å². The number of aromatic nitrogens is 3. The second-order valence-corrected chi connectivity index (χ2v) is 9.03. The van der Waals surface area contributed by atoms with Gasteiger partial charge in [-0.05, 0) is 36.3 Å². The molecule has 9 heteroatoms. The number of ether oxygens (including phenoxy) is 1. The van der Waals surface area contributed by atoms with Crippen molar-refractivity contribution in [2.24, 2.45) is 0 Å². The van der Waals surface area contributed by atoms with E-state index in [0.717, 1.165) is 24.2 Å². The number of nitrogens with zero attached hydrogens (tertiary/aromatic N) is 3. The van der Waals surface area contributed by atoms with Crippen molar-refractivity contribution in [2.75, 3.05) is 32.8 Å². The molecule has 178 valence electrons. The third kappa shape index (κ3) is 4.83. The van der Waals surface area contributed by atoms with Crippen molar-refractivity contribution in [2.45, 2.75) is 13.5 Å². The number of aryl methyl sites for hydroxylation is 1. The summed E-state index contributed by atoms with van der Waals surface area (Å²) in [5, 5.41) is 4.17. The first-order valence-electron chi connectivity index (χ1n) is 10.9. The number of halogens is 2. The fraction of sp³-hybridized carbons (Fsp3) is 0.280. The number of hydrogen-bond donors (Lipinski definition) is 1. The Morgan fingerprint density at radius 1 is 1.15 bits per heavy atom. The molecule has 0 spiro atoms. The Hall–Kier alpha value is -2.84. The summed E-state index contributed by atoms with van der Waals surface area (Å²) in [6, 6.07) is 6.35. The first-order chi connectivity index (χ1) is 16.3. The summed E-state index contributed by atoms with van der Waals surface area (Å²) in [7, 11) is 0. The minimum atomic E-state index is -0.277. The first-order valence-corrected chi connectivity index (χ1v) is 11.7. The molecule has 0 aliphatic carbocycles. The number of H-pyrrole nitrogens is 1. The van der Waals surface area contributed by atoms with E-state index < -0.39 is 0 Å². The van der Waals surface area contributed by atoms with Crippen molar-refractivity contribution >= 4 is 34.1 Å². The van der Waals surface area contributed by atoms with Gasteiger partial charge in [0.1, 0.15) is 0 Å². The van der Waals surface area contributed by atoms with Crippen molar-refractivity contribution in [3.05, 3.63) is 97.2 Å². The quantitative estimate of drug-likeness (QED) is 0.495. The van der Waals surface area contributed by atoms with Crippen LogP contribution >= 0.6 is 23.2 Å². The van der Waals surface area contributed by atoms with Crippen molar-refractivity contribution < 1.29 is 4.74 Å². The molecule has 4 rings (SSSR count). The van der Waals surface area contributed by atoms with E-state index in [-0.39, 0.29) is 17.7 Å². The number of allylic oxidation sites excluding steroid dienone is 2. The highest BCUT2D eigenvalue weighted by atomic mass is 35.5. The predicted molar refractivity (Wildman–Crippen MR) is 138 cm³/mol. The Morgan fingerprint density at radius 2 is 1.88 bits per heavy atom.